The van der Waals surface area contributed by atoms with Gasteiger partial charge in [-0.2, -0.15) is 5.26 Å². The van der Waals surface area contributed by atoms with E-state index in [1.165, 1.54) is 19.2 Å². The standard InChI is InChI=1S/C26H20Cl2N2O5/c1-3-33-16-6-4-14(5-7-16)23-18-9-8-17(12-22(18)35-25(30)19(23)13-29)34-26(31)15-10-20(27)24(32-2)21(28)11-15/h4-12,23H,3,30H2,1-2H3. The van der Waals surface area contributed by atoms with Gasteiger partial charge < -0.3 is 24.7 Å². The monoisotopic (exact) mass is 510 g/mol. The van der Waals surface area contributed by atoms with Crippen molar-refractivity contribution in [3.8, 4) is 29.1 Å². The Morgan fingerprint density at radius 1 is 1.09 bits per heavy atom. The Kier molecular flexibility index (Phi) is 7.06. The molecule has 0 amide bonds. The molecule has 7 nitrogen and oxygen atoms in total. The summed E-state index contributed by atoms with van der Waals surface area (Å²) in [6.07, 6.45) is 0. The number of esters is 1. The average Bonchev–Trinajstić information content (AvgIpc) is 2.83. The van der Waals surface area contributed by atoms with E-state index >= 15 is 0 Å². The van der Waals surface area contributed by atoms with Gasteiger partial charge in [-0.3, -0.25) is 0 Å². The van der Waals surface area contributed by atoms with Gasteiger partial charge in [-0.1, -0.05) is 41.4 Å². The van der Waals surface area contributed by atoms with E-state index in [2.05, 4.69) is 6.07 Å². The van der Waals surface area contributed by atoms with E-state index in [1.807, 2.05) is 31.2 Å². The zero-order chi connectivity index (χ0) is 25.1. The van der Waals surface area contributed by atoms with E-state index in [1.54, 1.807) is 18.2 Å². The second kappa shape index (κ2) is 10.2. The van der Waals surface area contributed by atoms with Crippen LogP contribution in [0.25, 0.3) is 0 Å². The lowest BCUT2D eigenvalue weighted by molar-refractivity contribution is 0.0734. The molecule has 0 bridgehead atoms. The molecule has 4 rings (SSSR count). The van der Waals surface area contributed by atoms with E-state index in [0.717, 1.165) is 11.3 Å². The molecule has 0 saturated heterocycles. The molecule has 178 valence electrons. The van der Waals surface area contributed by atoms with E-state index in [4.69, 9.17) is 47.9 Å². The van der Waals surface area contributed by atoms with Crippen LogP contribution in [0, 0.1) is 11.3 Å². The van der Waals surface area contributed by atoms with Gasteiger partial charge in [0, 0.05) is 11.6 Å². The molecule has 0 radical (unpaired) electrons. The minimum atomic E-state index is -0.670. The molecule has 0 saturated carbocycles. The molecule has 1 atom stereocenters. The SMILES string of the molecule is CCOc1ccc(C2C(C#N)=C(N)Oc3cc(OC(=O)c4cc(Cl)c(OC)c(Cl)c4)ccc32)cc1. The number of rotatable bonds is 6. The Morgan fingerprint density at radius 2 is 1.74 bits per heavy atom. The van der Waals surface area contributed by atoms with Crippen LogP contribution in [0.5, 0.6) is 23.0 Å². The summed E-state index contributed by atoms with van der Waals surface area (Å²) in [5.41, 5.74) is 8.05. The van der Waals surface area contributed by atoms with Crippen molar-refractivity contribution in [3.05, 3.63) is 92.8 Å². The summed E-state index contributed by atoms with van der Waals surface area (Å²) in [5.74, 6) is 0.436. The normalized spacial score (nSPS) is 14.4. The van der Waals surface area contributed by atoms with Gasteiger partial charge in [-0.05, 0) is 42.8 Å². The number of nitriles is 1. The number of ether oxygens (including phenoxy) is 4. The number of nitrogens with zero attached hydrogens (tertiary/aromatic N) is 1. The van der Waals surface area contributed by atoms with Crippen LogP contribution in [0.2, 0.25) is 10.0 Å². The van der Waals surface area contributed by atoms with Crippen molar-refractivity contribution in [2.24, 2.45) is 5.73 Å². The summed E-state index contributed by atoms with van der Waals surface area (Å²) < 4.78 is 21.8. The Hall–Kier alpha value is -3.86. The number of carbonyl (C=O) groups excluding carboxylic acids is 1. The number of nitrogens with two attached hydrogens (primary N) is 1. The van der Waals surface area contributed by atoms with Crippen molar-refractivity contribution < 1.29 is 23.7 Å². The van der Waals surface area contributed by atoms with Gasteiger partial charge in [0.2, 0.25) is 5.88 Å². The average molecular weight is 511 g/mol. The maximum Gasteiger partial charge on any atom is 0.343 e. The molecular weight excluding hydrogens is 491 g/mol. The largest absolute Gasteiger partial charge is 0.494 e. The maximum atomic E-state index is 12.7. The Balaban J connectivity index is 1.65. The molecule has 35 heavy (non-hydrogen) atoms. The number of halogens is 2. The highest BCUT2D eigenvalue weighted by atomic mass is 35.5. The van der Waals surface area contributed by atoms with Crippen LogP contribution in [0.3, 0.4) is 0 Å². The van der Waals surface area contributed by atoms with Crippen LogP contribution in [0.15, 0.2) is 66.1 Å². The third kappa shape index (κ3) is 4.85. The minimum absolute atomic E-state index is 0.0175. The molecule has 1 aliphatic rings. The summed E-state index contributed by atoms with van der Waals surface area (Å²) in [7, 11) is 1.43. The predicted octanol–water partition coefficient (Wildman–Crippen LogP) is 5.84. The first-order valence-electron chi connectivity index (χ1n) is 10.6. The molecule has 9 heteroatoms. The van der Waals surface area contributed by atoms with Crippen molar-refractivity contribution in [2.75, 3.05) is 13.7 Å². The molecule has 3 aromatic carbocycles. The van der Waals surface area contributed by atoms with Crippen molar-refractivity contribution in [2.45, 2.75) is 12.8 Å². The lowest BCUT2D eigenvalue weighted by Crippen LogP contribution is -2.21. The highest BCUT2D eigenvalue weighted by molar-refractivity contribution is 6.37. The second-order valence-electron chi connectivity index (χ2n) is 7.49. The van der Waals surface area contributed by atoms with Crippen LogP contribution in [0.4, 0.5) is 0 Å². The van der Waals surface area contributed by atoms with Crippen molar-refractivity contribution in [1.82, 2.24) is 0 Å². The van der Waals surface area contributed by atoms with Gasteiger partial charge in [-0.25, -0.2) is 4.79 Å². The zero-order valence-corrected chi connectivity index (χ0v) is 20.3. The van der Waals surface area contributed by atoms with Crippen LogP contribution in [-0.4, -0.2) is 19.7 Å². The number of methoxy groups -OCH3 is 1. The molecule has 0 fully saturated rings. The van der Waals surface area contributed by atoms with Crippen molar-refractivity contribution in [1.29, 1.82) is 5.26 Å². The van der Waals surface area contributed by atoms with Crippen molar-refractivity contribution >= 4 is 29.2 Å². The van der Waals surface area contributed by atoms with Crippen LogP contribution < -0.4 is 24.7 Å². The first-order valence-corrected chi connectivity index (χ1v) is 11.3. The number of benzene rings is 3. The van der Waals surface area contributed by atoms with Gasteiger partial charge in [0.05, 0.1) is 35.2 Å². The van der Waals surface area contributed by atoms with E-state index in [-0.39, 0.29) is 38.6 Å². The first kappa shape index (κ1) is 24.3. The zero-order valence-electron chi connectivity index (χ0n) is 18.8. The topological polar surface area (TPSA) is 104 Å². The molecular formula is C26H20Cl2N2O5. The summed E-state index contributed by atoms with van der Waals surface area (Å²) in [5, 5.41) is 10.1. The number of carbonyl (C=O) groups is 1. The van der Waals surface area contributed by atoms with E-state index in [0.29, 0.717) is 17.9 Å². The Morgan fingerprint density at radius 3 is 2.34 bits per heavy atom. The fraction of sp³-hybridized carbons (Fsp3) is 0.154. The minimum Gasteiger partial charge on any atom is -0.494 e. The molecule has 2 N–H and O–H groups in total. The quantitative estimate of drug-likeness (QED) is 0.328. The van der Waals surface area contributed by atoms with E-state index in [9.17, 15) is 10.1 Å². The molecule has 0 aliphatic carbocycles. The number of fused-ring (bicyclic) bond motifs is 1. The summed E-state index contributed by atoms with van der Waals surface area (Å²) in [4.78, 5) is 12.7. The smallest absolute Gasteiger partial charge is 0.343 e. The molecule has 0 spiro atoms. The highest BCUT2D eigenvalue weighted by Crippen LogP contribution is 2.44. The van der Waals surface area contributed by atoms with Gasteiger partial charge in [0.1, 0.15) is 28.9 Å². The summed E-state index contributed by atoms with van der Waals surface area (Å²) in [6.45, 7) is 2.45. The van der Waals surface area contributed by atoms with Gasteiger partial charge >= 0.3 is 5.97 Å². The highest BCUT2D eigenvalue weighted by Gasteiger charge is 2.31. The maximum absolute atomic E-state index is 12.7. The number of hydrogen-bond donors (Lipinski definition) is 1. The van der Waals surface area contributed by atoms with Gasteiger partial charge in [0.25, 0.3) is 0 Å². The first-order chi connectivity index (χ1) is 16.9. The third-order valence-corrected chi connectivity index (χ3v) is 5.93. The molecule has 1 heterocycles. The molecule has 1 unspecified atom stereocenters. The Bertz CT molecular complexity index is 1340. The lowest BCUT2D eigenvalue weighted by Gasteiger charge is -2.26. The fourth-order valence-corrected chi connectivity index (χ4v) is 4.45. The van der Waals surface area contributed by atoms with Crippen LogP contribution in [-0.2, 0) is 0 Å². The number of allylic oxidation sites excluding steroid dienone is 1. The van der Waals surface area contributed by atoms with Gasteiger partial charge in [-0.15, -0.1) is 0 Å². The second-order valence-corrected chi connectivity index (χ2v) is 8.30. The van der Waals surface area contributed by atoms with E-state index < -0.39 is 11.9 Å². The van der Waals surface area contributed by atoms with Gasteiger partial charge in [0.15, 0.2) is 5.75 Å². The summed E-state index contributed by atoms with van der Waals surface area (Å²) in [6, 6.07) is 17.3. The van der Waals surface area contributed by atoms with Crippen molar-refractivity contribution in [3.63, 3.8) is 0 Å². The molecule has 3 aromatic rings. The van der Waals surface area contributed by atoms with Crippen LogP contribution in [0.1, 0.15) is 34.3 Å². The molecule has 1 aliphatic heterocycles. The third-order valence-electron chi connectivity index (χ3n) is 5.36. The fourth-order valence-electron chi connectivity index (χ4n) is 3.80. The predicted molar refractivity (Wildman–Crippen MR) is 131 cm³/mol. The number of hydrogen-bond acceptors (Lipinski definition) is 7. The Labute approximate surface area is 212 Å². The lowest BCUT2D eigenvalue weighted by atomic mass is 9.83. The molecule has 0 aromatic heterocycles. The van der Waals surface area contributed by atoms with Crippen LogP contribution >= 0.6 is 23.2 Å². The summed E-state index contributed by atoms with van der Waals surface area (Å²) >= 11 is 12.3.